The number of rotatable bonds is 6. The Morgan fingerprint density at radius 3 is 2.76 bits per heavy atom. The molecule has 1 fully saturated rings. The summed E-state index contributed by atoms with van der Waals surface area (Å²) in [5, 5.41) is 0.833. The summed E-state index contributed by atoms with van der Waals surface area (Å²) >= 11 is 1.20. The van der Waals surface area contributed by atoms with Crippen LogP contribution in [0.1, 0.15) is 18.4 Å². The van der Waals surface area contributed by atoms with E-state index >= 15 is 0 Å². The molecule has 1 aromatic heterocycles. The molecule has 7 heteroatoms. The maximum atomic E-state index is 14.2. The fraction of sp³-hybridized carbons (Fsp3) is 0.318. The number of para-hydroxylation sites is 1. The Hall–Kier alpha value is -2.67. The predicted octanol–water partition coefficient (Wildman–Crippen LogP) is 3.79. The molecule has 29 heavy (non-hydrogen) atoms. The molecule has 0 bridgehead atoms. The lowest BCUT2D eigenvalue weighted by Gasteiger charge is -2.17. The second-order valence-corrected chi connectivity index (χ2v) is 8.43. The van der Waals surface area contributed by atoms with E-state index in [1.165, 1.54) is 35.2 Å². The zero-order valence-corrected chi connectivity index (χ0v) is 17.2. The van der Waals surface area contributed by atoms with Crippen molar-refractivity contribution in [2.24, 2.45) is 5.92 Å². The van der Waals surface area contributed by atoms with Gasteiger partial charge < -0.3 is 4.90 Å². The quantitative estimate of drug-likeness (QED) is 0.457. The smallest absolute Gasteiger partial charge is 0.266 e. The Kier molecular flexibility index (Phi) is 5.41. The Balaban J connectivity index is 1.72. The molecule has 0 saturated heterocycles. The van der Waals surface area contributed by atoms with Gasteiger partial charge in [0.15, 0.2) is 5.16 Å². The van der Waals surface area contributed by atoms with Crippen LogP contribution in [-0.4, -0.2) is 39.7 Å². The van der Waals surface area contributed by atoms with E-state index in [0.717, 1.165) is 6.54 Å². The zero-order chi connectivity index (χ0) is 20.5. The molecular formula is C22H22FN3O2S. The second-order valence-electron chi connectivity index (χ2n) is 7.49. The highest BCUT2D eigenvalue weighted by molar-refractivity contribution is 7.99. The summed E-state index contributed by atoms with van der Waals surface area (Å²) in [6.45, 7) is 2.44. The Morgan fingerprint density at radius 2 is 2.03 bits per heavy atom. The first-order valence-electron chi connectivity index (χ1n) is 9.59. The molecule has 0 unspecified atom stereocenters. The van der Waals surface area contributed by atoms with Crippen LogP contribution in [0.3, 0.4) is 0 Å². The lowest BCUT2D eigenvalue weighted by molar-refractivity contribution is -0.127. The summed E-state index contributed by atoms with van der Waals surface area (Å²) in [6, 6.07) is 11.7. The van der Waals surface area contributed by atoms with Crippen LogP contribution >= 0.6 is 11.8 Å². The number of carbonyl (C=O) groups is 1. The van der Waals surface area contributed by atoms with E-state index in [1.54, 1.807) is 49.2 Å². The second kappa shape index (κ2) is 7.99. The minimum Gasteiger partial charge on any atom is -0.345 e. The molecule has 1 aliphatic carbocycles. The van der Waals surface area contributed by atoms with Gasteiger partial charge in [-0.3, -0.25) is 14.2 Å². The molecule has 0 N–H and O–H groups in total. The SMILES string of the molecule is Cc1ccc(-n2c(SCC(=O)N(C)CC3CC3)nc3ccccc3c2=O)cc1F. The number of halogens is 1. The van der Waals surface area contributed by atoms with E-state index in [4.69, 9.17) is 0 Å². The number of carbonyl (C=O) groups excluding carboxylic acids is 1. The zero-order valence-electron chi connectivity index (χ0n) is 16.4. The fourth-order valence-corrected chi connectivity index (χ4v) is 4.14. The van der Waals surface area contributed by atoms with Crippen molar-refractivity contribution in [3.8, 4) is 5.69 Å². The van der Waals surface area contributed by atoms with E-state index in [9.17, 15) is 14.0 Å². The third-order valence-electron chi connectivity index (χ3n) is 5.14. The van der Waals surface area contributed by atoms with Gasteiger partial charge in [-0.2, -0.15) is 0 Å². The largest absolute Gasteiger partial charge is 0.345 e. The summed E-state index contributed by atoms with van der Waals surface area (Å²) in [4.78, 5) is 32.0. The van der Waals surface area contributed by atoms with Crippen molar-refractivity contribution in [2.75, 3.05) is 19.3 Å². The Morgan fingerprint density at radius 1 is 1.28 bits per heavy atom. The Labute approximate surface area is 172 Å². The van der Waals surface area contributed by atoms with Crippen LogP contribution in [0.25, 0.3) is 16.6 Å². The number of benzene rings is 2. The lowest BCUT2D eigenvalue weighted by Crippen LogP contribution is -2.30. The van der Waals surface area contributed by atoms with E-state index in [2.05, 4.69) is 4.98 Å². The first-order valence-corrected chi connectivity index (χ1v) is 10.6. The van der Waals surface area contributed by atoms with Crippen LogP contribution in [0.2, 0.25) is 0 Å². The van der Waals surface area contributed by atoms with Gasteiger partial charge >= 0.3 is 0 Å². The maximum absolute atomic E-state index is 14.2. The lowest BCUT2D eigenvalue weighted by atomic mass is 10.2. The van der Waals surface area contributed by atoms with Gasteiger partial charge in [0.2, 0.25) is 5.91 Å². The van der Waals surface area contributed by atoms with Crippen LogP contribution in [0.15, 0.2) is 52.4 Å². The third kappa shape index (κ3) is 4.19. The topological polar surface area (TPSA) is 55.2 Å². The molecule has 1 heterocycles. The van der Waals surface area contributed by atoms with Crippen molar-refractivity contribution >= 4 is 28.6 Å². The van der Waals surface area contributed by atoms with Crippen LogP contribution in [0, 0.1) is 18.7 Å². The van der Waals surface area contributed by atoms with E-state index < -0.39 is 5.82 Å². The molecule has 150 valence electrons. The molecule has 4 rings (SSSR count). The van der Waals surface area contributed by atoms with Gasteiger partial charge in [-0.25, -0.2) is 9.37 Å². The van der Waals surface area contributed by atoms with Crippen molar-refractivity contribution in [1.29, 1.82) is 0 Å². The third-order valence-corrected chi connectivity index (χ3v) is 6.06. The summed E-state index contributed by atoms with van der Waals surface area (Å²) in [5.74, 6) is 0.383. The molecule has 5 nitrogen and oxygen atoms in total. The summed E-state index contributed by atoms with van der Waals surface area (Å²) < 4.78 is 15.6. The molecule has 0 radical (unpaired) electrons. The molecule has 2 aromatic carbocycles. The van der Waals surface area contributed by atoms with Gasteiger partial charge in [-0.05, 0) is 55.5 Å². The first-order chi connectivity index (χ1) is 13.9. The predicted molar refractivity (Wildman–Crippen MR) is 113 cm³/mol. The summed E-state index contributed by atoms with van der Waals surface area (Å²) in [7, 11) is 1.80. The molecule has 3 aromatic rings. The average Bonchev–Trinajstić information content (AvgIpc) is 3.52. The van der Waals surface area contributed by atoms with Crippen LogP contribution < -0.4 is 5.56 Å². The minimum absolute atomic E-state index is 0.00838. The maximum Gasteiger partial charge on any atom is 0.266 e. The van der Waals surface area contributed by atoms with Gasteiger partial charge in [0.1, 0.15) is 5.82 Å². The van der Waals surface area contributed by atoms with Crippen molar-refractivity contribution in [2.45, 2.75) is 24.9 Å². The van der Waals surface area contributed by atoms with Crippen molar-refractivity contribution in [1.82, 2.24) is 14.5 Å². The average molecular weight is 412 g/mol. The number of hydrogen-bond donors (Lipinski definition) is 0. The van der Waals surface area contributed by atoms with Crippen LogP contribution in [-0.2, 0) is 4.79 Å². The molecule has 1 aliphatic rings. The minimum atomic E-state index is -0.390. The highest BCUT2D eigenvalue weighted by Crippen LogP contribution is 2.29. The van der Waals surface area contributed by atoms with Crippen molar-refractivity contribution in [3.63, 3.8) is 0 Å². The van der Waals surface area contributed by atoms with Crippen molar-refractivity contribution in [3.05, 3.63) is 64.2 Å². The number of aromatic nitrogens is 2. The number of amides is 1. The van der Waals surface area contributed by atoms with Gasteiger partial charge in [0, 0.05) is 13.6 Å². The van der Waals surface area contributed by atoms with Crippen LogP contribution in [0.5, 0.6) is 0 Å². The molecule has 0 spiro atoms. The summed E-state index contributed by atoms with van der Waals surface area (Å²) in [6.07, 6.45) is 2.35. The number of fused-ring (bicyclic) bond motifs is 1. The van der Waals surface area contributed by atoms with Gasteiger partial charge in [-0.15, -0.1) is 0 Å². The number of thioether (sulfide) groups is 1. The van der Waals surface area contributed by atoms with E-state index in [1.807, 2.05) is 6.07 Å². The van der Waals surface area contributed by atoms with Gasteiger partial charge in [0.05, 0.1) is 22.3 Å². The van der Waals surface area contributed by atoms with Crippen molar-refractivity contribution < 1.29 is 9.18 Å². The standard InChI is InChI=1S/C22H22FN3O2S/c1-14-7-10-16(11-18(14)23)26-21(28)17-5-3-4-6-19(17)24-22(26)29-13-20(27)25(2)12-15-8-9-15/h3-7,10-11,15H,8-9,12-13H2,1-2H3. The number of aryl methyl sites for hydroxylation is 1. The monoisotopic (exact) mass is 411 g/mol. The molecule has 1 saturated carbocycles. The van der Waals surface area contributed by atoms with E-state index in [0.29, 0.717) is 33.2 Å². The highest BCUT2D eigenvalue weighted by atomic mass is 32.2. The normalized spacial score (nSPS) is 13.6. The highest BCUT2D eigenvalue weighted by Gasteiger charge is 2.25. The van der Waals surface area contributed by atoms with Gasteiger partial charge in [-0.1, -0.05) is 30.0 Å². The molecular weight excluding hydrogens is 389 g/mol. The molecule has 0 aliphatic heterocycles. The molecule has 0 atom stereocenters. The molecule has 1 amide bonds. The van der Waals surface area contributed by atoms with Crippen LogP contribution in [0.4, 0.5) is 4.39 Å². The fourth-order valence-electron chi connectivity index (χ4n) is 3.18. The van der Waals surface area contributed by atoms with Gasteiger partial charge in [0.25, 0.3) is 5.56 Å². The number of hydrogen-bond acceptors (Lipinski definition) is 4. The summed E-state index contributed by atoms with van der Waals surface area (Å²) in [5.41, 5.74) is 1.18. The Bertz CT molecular complexity index is 1140. The first kappa shape index (κ1) is 19.6. The van der Waals surface area contributed by atoms with E-state index in [-0.39, 0.29) is 17.2 Å². The number of nitrogens with zero attached hydrogens (tertiary/aromatic N) is 3.